The van der Waals surface area contributed by atoms with E-state index in [0.29, 0.717) is 29.3 Å². The average Bonchev–Trinajstić information content (AvgIpc) is 3.15. The number of aliphatic hydroxyl groups excluding tert-OH is 1. The largest absolute Gasteiger partial charge is 0.396 e. The highest BCUT2D eigenvalue weighted by atomic mass is 16.3. The van der Waals surface area contributed by atoms with Crippen molar-refractivity contribution in [2.24, 2.45) is 40.4 Å². The van der Waals surface area contributed by atoms with E-state index in [-0.39, 0.29) is 0 Å². The topological polar surface area (TPSA) is 20.2 Å². The molecule has 0 amide bonds. The van der Waals surface area contributed by atoms with Crippen LogP contribution in [0.5, 0.6) is 0 Å². The Hall–Kier alpha value is -0.560. The van der Waals surface area contributed by atoms with Crippen LogP contribution in [0.4, 0.5) is 0 Å². The van der Waals surface area contributed by atoms with Crippen LogP contribution >= 0.6 is 0 Å². The normalized spacial score (nSPS) is 44.5. The average molecular weight is 329 g/mol. The molecule has 1 nitrogen and oxygen atoms in total. The molecule has 1 N–H and O–H groups in total. The fraction of sp³-hybridized carbons (Fsp3) is 0.826. The summed E-state index contributed by atoms with van der Waals surface area (Å²) in [6.45, 7) is 12.3. The minimum Gasteiger partial charge on any atom is -0.396 e. The lowest BCUT2D eigenvalue weighted by atomic mass is 9.51. The Morgan fingerprint density at radius 2 is 1.79 bits per heavy atom. The zero-order valence-electron chi connectivity index (χ0n) is 16.0. The van der Waals surface area contributed by atoms with E-state index in [1.165, 1.54) is 50.5 Å². The van der Waals surface area contributed by atoms with E-state index in [9.17, 15) is 5.11 Å². The van der Waals surface area contributed by atoms with Crippen molar-refractivity contribution in [2.75, 3.05) is 6.61 Å². The summed E-state index contributed by atoms with van der Waals surface area (Å²) in [7, 11) is 0. The first kappa shape index (κ1) is 16.9. The fourth-order valence-corrected chi connectivity index (χ4v) is 7.63. The Labute approximate surface area is 148 Å². The van der Waals surface area contributed by atoms with Crippen LogP contribution in [0.15, 0.2) is 23.8 Å². The predicted octanol–water partition coefficient (Wildman–Crippen LogP) is 5.75. The van der Waals surface area contributed by atoms with Gasteiger partial charge in [0.05, 0.1) is 0 Å². The molecule has 3 fully saturated rings. The second-order valence-electron chi connectivity index (χ2n) is 10.0. The van der Waals surface area contributed by atoms with Crippen molar-refractivity contribution in [3.63, 3.8) is 0 Å². The van der Waals surface area contributed by atoms with Gasteiger partial charge in [0.25, 0.3) is 0 Å². The molecule has 0 radical (unpaired) electrons. The Balaban J connectivity index is 1.74. The second-order valence-corrected chi connectivity index (χ2v) is 10.0. The minimum absolute atomic E-state index is 0.330. The summed E-state index contributed by atoms with van der Waals surface area (Å²) in [5.41, 5.74) is 3.83. The molecule has 5 unspecified atom stereocenters. The van der Waals surface area contributed by atoms with E-state index >= 15 is 0 Å². The highest BCUT2D eigenvalue weighted by Gasteiger charge is 2.70. The third kappa shape index (κ3) is 2.23. The summed E-state index contributed by atoms with van der Waals surface area (Å²) in [5, 5.41) is 9.60. The van der Waals surface area contributed by atoms with Crippen LogP contribution < -0.4 is 0 Å². The first-order valence-corrected chi connectivity index (χ1v) is 10.4. The molecule has 4 aliphatic carbocycles. The van der Waals surface area contributed by atoms with Gasteiger partial charge < -0.3 is 5.11 Å². The van der Waals surface area contributed by atoms with Gasteiger partial charge in [-0.2, -0.15) is 0 Å². The van der Waals surface area contributed by atoms with Gasteiger partial charge in [0.2, 0.25) is 0 Å². The van der Waals surface area contributed by atoms with Crippen molar-refractivity contribution in [2.45, 2.75) is 72.1 Å². The van der Waals surface area contributed by atoms with Gasteiger partial charge in [-0.1, -0.05) is 76.7 Å². The molecule has 0 heterocycles. The molecule has 24 heavy (non-hydrogen) atoms. The van der Waals surface area contributed by atoms with Gasteiger partial charge in [-0.3, -0.25) is 0 Å². The number of rotatable bonds is 3. The van der Waals surface area contributed by atoms with Crippen LogP contribution in [0.25, 0.3) is 0 Å². The molecule has 5 atom stereocenters. The number of allylic oxidation sites excluding steroid dienone is 3. The van der Waals surface area contributed by atoms with Crippen LogP contribution in [0.1, 0.15) is 72.1 Å². The van der Waals surface area contributed by atoms with Gasteiger partial charge in [-0.05, 0) is 59.7 Å². The maximum absolute atomic E-state index is 9.60. The number of fused-ring (bicyclic) bond motifs is 3. The third-order valence-electron chi connectivity index (χ3n) is 8.57. The first-order chi connectivity index (χ1) is 11.4. The highest BCUT2D eigenvalue weighted by Crippen LogP contribution is 2.77. The fourth-order valence-electron chi connectivity index (χ4n) is 7.63. The van der Waals surface area contributed by atoms with E-state index in [1.54, 1.807) is 5.57 Å². The molecule has 1 heteroatoms. The Kier molecular flexibility index (Phi) is 4.03. The molecule has 0 saturated heterocycles. The zero-order valence-corrected chi connectivity index (χ0v) is 16.0. The second kappa shape index (κ2) is 5.73. The molecule has 3 saturated carbocycles. The maximum Gasteiger partial charge on any atom is 0.0436 e. The van der Waals surface area contributed by atoms with Gasteiger partial charge in [0, 0.05) is 6.61 Å². The van der Waals surface area contributed by atoms with Gasteiger partial charge in [0.15, 0.2) is 0 Å². The Bertz CT molecular complexity index is 550. The smallest absolute Gasteiger partial charge is 0.0436 e. The standard InChI is InChI=1S/C23H36O/c1-15-14-19-17(12-13-24)10-11-18(16-8-6-5-7-9-16)23(19,4)21-20(15)22(21,2)3/h14,16-18,20-21,24H,1,5-13H2,2-4H3. The van der Waals surface area contributed by atoms with Crippen LogP contribution in [0.3, 0.4) is 0 Å². The third-order valence-corrected chi connectivity index (χ3v) is 8.57. The molecule has 0 aromatic heterocycles. The van der Waals surface area contributed by atoms with E-state index in [2.05, 4.69) is 33.4 Å². The maximum atomic E-state index is 9.60. The lowest BCUT2D eigenvalue weighted by molar-refractivity contribution is 0.0373. The Morgan fingerprint density at radius 3 is 2.46 bits per heavy atom. The lowest BCUT2D eigenvalue weighted by Crippen LogP contribution is -2.45. The van der Waals surface area contributed by atoms with Crippen LogP contribution in [-0.4, -0.2) is 11.7 Å². The Morgan fingerprint density at radius 1 is 1.08 bits per heavy atom. The van der Waals surface area contributed by atoms with Gasteiger partial charge in [-0.15, -0.1) is 0 Å². The molecule has 0 aromatic carbocycles. The molecule has 0 bridgehead atoms. The van der Waals surface area contributed by atoms with Crippen molar-refractivity contribution in [3.8, 4) is 0 Å². The van der Waals surface area contributed by atoms with E-state index in [0.717, 1.165) is 24.2 Å². The molecular formula is C23H36O. The van der Waals surface area contributed by atoms with Crippen LogP contribution in [0, 0.1) is 40.4 Å². The SMILES string of the molecule is C=C1C=C2C(CCO)CCC(C3CCCCC3)C2(C)C2C1C2(C)C. The molecule has 4 aliphatic rings. The van der Waals surface area contributed by atoms with Gasteiger partial charge in [0.1, 0.15) is 0 Å². The van der Waals surface area contributed by atoms with Gasteiger partial charge >= 0.3 is 0 Å². The molecule has 0 aromatic rings. The molecule has 0 spiro atoms. The summed E-state index contributed by atoms with van der Waals surface area (Å²) in [6, 6.07) is 0. The van der Waals surface area contributed by atoms with Crippen LogP contribution in [-0.2, 0) is 0 Å². The molecule has 4 rings (SSSR count). The lowest BCUT2D eigenvalue weighted by Gasteiger charge is -2.53. The van der Waals surface area contributed by atoms with Crippen molar-refractivity contribution in [3.05, 3.63) is 23.8 Å². The highest BCUT2D eigenvalue weighted by molar-refractivity contribution is 5.45. The summed E-state index contributed by atoms with van der Waals surface area (Å²) < 4.78 is 0. The summed E-state index contributed by atoms with van der Waals surface area (Å²) in [4.78, 5) is 0. The predicted molar refractivity (Wildman–Crippen MR) is 101 cm³/mol. The molecular weight excluding hydrogens is 292 g/mol. The quantitative estimate of drug-likeness (QED) is 0.699. The summed E-state index contributed by atoms with van der Waals surface area (Å²) in [6.07, 6.45) is 13.4. The zero-order chi connectivity index (χ0) is 17.1. The van der Waals surface area contributed by atoms with Crippen molar-refractivity contribution in [1.82, 2.24) is 0 Å². The van der Waals surface area contributed by atoms with Crippen molar-refractivity contribution in [1.29, 1.82) is 0 Å². The summed E-state index contributed by atoms with van der Waals surface area (Å²) in [5.74, 6) is 3.87. The number of hydrogen-bond donors (Lipinski definition) is 1. The monoisotopic (exact) mass is 328 g/mol. The van der Waals surface area contributed by atoms with E-state index < -0.39 is 0 Å². The van der Waals surface area contributed by atoms with E-state index in [1.807, 2.05) is 0 Å². The minimum atomic E-state index is 0.330. The van der Waals surface area contributed by atoms with E-state index in [4.69, 9.17) is 0 Å². The molecule has 134 valence electrons. The number of hydrogen-bond acceptors (Lipinski definition) is 1. The van der Waals surface area contributed by atoms with Crippen molar-refractivity contribution >= 4 is 0 Å². The van der Waals surface area contributed by atoms with Crippen LogP contribution in [0.2, 0.25) is 0 Å². The van der Waals surface area contributed by atoms with Crippen molar-refractivity contribution < 1.29 is 5.11 Å². The first-order valence-electron chi connectivity index (χ1n) is 10.4. The van der Waals surface area contributed by atoms with Gasteiger partial charge in [-0.25, -0.2) is 0 Å². The molecule has 0 aliphatic heterocycles. The number of aliphatic hydroxyl groups is 1. The summed E-state index contributed by atoms with van der Waals surface area (Å²) >= 11 is 0.